The second-order valence-electron chi connectivity index (χ2n) is 9.49. The van der Waals surface area contributed by atoms with Crippen molar-refractivity contribution in [3.05, 3.63) is 47.7 Å². The summed E-state index contributed by atoms with van der Waals surface area (Å²) in [5.41, 5.74) is -0.0526. The Labute approximate surface area is 217 Å². The predicted octanol–water partition coefficient (Wildman–Crippen LogP) is -0.833. The summed E-state index contributed by atoms with van der Waals surface area (Å²) in [4.78, 5) is 37.1. The van der Waals surface area contributed by atoms with E-state index >= 15 is 0 Å². The van der Waals surface area contributed by atoms with Gasteiger partial charge in [-0.25, -0.2) is 9.59 Å². The molecule has 0 amide bonds. The average Bonchev–Trinajstić information content (AvgIpc) is 3.15. The van der Waals surface area contributed by atoms with E-state index in [4.69, 9.17) is 23.7 Å². The molecule has 11 atom stereocenters. The highest BCUT2D eigenvalue weighted by atomic mass is 16.8. The Hall–Kier alpha value is -3.07. The highest BCUT2D eigenvalue weighted by Crippen LogP contribution is 2.50. The van der Waals surface area contributed by atoms with E-state index < -0.39 is 91.5 Å². The number of carboxylic acid groups (broad SMARTS) is 1. The molecule has 2 heterocycles. The van der Waals surface area contributed by atoms with E-state index in [1.165, 1.54) is 12.1 Å². The van der Waals surface area contributed by atoms with Crippen molar-refractivity contribution < 1.29 is 63.6 Å². The number of hydrogen-bond donors (Lipinski definition) is 5. The molecule has 0 bridgehead atoms. The first-order chi connectivity index (χ1) is 18.0. The third-order valence-electron chi connectivity index (χ3n) is 7.14. The standard InChI is InChI=1S/C25H30O13/c1-10-15-16(21(20(10)35-11(2)27)37-23(33)12-6-4-3-5-7-12)13(22(31)32)9-34-24(15)38-25-19(30)18(29)17(28)14(8-26)36-25/h3-7,9-10,14-21,24-26,28-30H,8H2,1-2H3,(H,31,32)/t10-,14+,15-,16+,17-,18-,19-,20-,21+,24-,25+/m1/s1. The van der Waals surface area contributed by atoms with Gasteiger partial charge >= 0.3 is 17.9 Å². The summed E-state index contributed by atoms with van der Waals surface area (Å²) < 4.78 is 28.0. The molecular formula is C25H30O13. The van der Waals surface area contributed by atoms with Crippen molar-refractivity contribution in [2.45, 2.75) is 63.1 Å². The molecule has 1 aromatic carbocycles. The molecule has 2 aliphatic heterocycles. The fraction of sp³-hybridized carbons (Fsp3) is 0.560. The minimum Gasteiger partial charge on any atom is -0.478 e. The molecule has 13 nitrogen and oxygen atoms in total. The number of aliphatic hydroxyl groups is 4. The summed E-state index contributed by atoms with van der Waals surface area (Å²) in [6.45, 7) is 2.12. The maximum atomic E-state index is 12.9. The van der Waals surface area contributed by atoms with E-state index in [2.05, 4.69) is 0 Å². The number of carboxylic acids is 1. The Morgan fingerprint density at radius 3 is 2.24 bits per heavy atom. The monoisotopic (exact) mass is 538 g/mol. The van der Waals surface area contributed by atoms with Crippen molar-refractivity contribution >= 4 is 17.9 Å². The van der Waals surface area contributed by atoms with Crippen LogP contribution in [0, 0.1) is 17.8 Å². The number of rotatable bonds is 7. The Morgan fingerprint density at radius 2 is 1.63 bits per heavy atom. The molecular weight excluding hydrogens is 508 g/mol. The highest BCUT2D eigenvalue weighted by molar-refractivity contribution is 5.90. The lowest BCUT2D eigenvalue weighted by Gasteiger charge is -2.43. The topological polar surface area (TPSA) is 199 Å². The van der Waals surface area contributed by atoms with Crippen LogP contribution in [0.3, 0.4) is 0 Å². The summed E-state index contributed by atoms with van der Waals surface area (Å²) in [5, 5.41) is 50.0. The van der Waals surface area contributed by atoms with E-state index in [1.807, 2.05) is 0 Å². The lowest BCUT2D eigenvalue weighted by atomic mass is 9.82. The van der Waals surface area contributed by atoms with E-state index in [0.717, 1.165) is 13.2 Å². The van der Waals surface area contributed by atoms with Gasteiger partial charge in [-0.1, -0.05) is 25.1 Å². The molecule has 1 aromatic rings. The van der Waals surface area contributed by atoms with Crippen LogP contribution in [0.1, 0.15) is 24.2 Å². The largest absolute Gasteiger partial charge is 0.478 e. The molecule has 0 aromatic heterocycles. The maximum absolute atomic E-state index is 12.9. The molecule has 208 valence electrons. The zero-order chi connectivity index (χ0) is 27.7. The summed E-state index contributed by atoms with van der Waals surface area (Å²) in [7, 11) is 0. The fourth-order valence-electron chi connectivity index (χ4n) is 5.28. The van der Waals surface area contributed by atoms with Crippen LogP contribution in [0.5, 0.6) is 0 Å². The van der Waals surface area contributed by atoms with Crippen LogP contribution in [0.15, 0.2) is 42.2 Å². The van der Waals surface area contributed by atoms with Crippen LogP contribution >= 0.6 is 0 Å². The summed E-state index contributed by atoms with van der Waals surface area (Å²) in [6.07, 6.45) is -10.6. The van der Waals surface area contributed by atoms with Gasteiger partial charge in [0.15, 0.2) is 6.29 Å². The van der Waals surface area contributed by atoms with Crippen LogP contribution in [-0.4, -0.2) is 99.3 Å². The number of aliphatic hydroxyl groups excluding tert-OH is 4. The highest BCUT2D eigenvalue weighted by Gasteiger charge is 2.61. The Kier molecular flexibility index (Phi) is 8.35. The van der Waals surface area contributed by atoms with Crippen molar-refractivity contribution in [1.82, 2.24) is 0 Å². The van der Waals surface area contributed by atoms with E-state index in [1.54, 1.807) is 25.1 Å². The number of carbonyl (C=O) groups excluding carboxylic acids is 2. The molecule has 38 heavy (non-hydrogen) atoms. The summed E-state index contributed by atoms with van der Waals surface area (Å²) in [6, 6.07) is 7.99. The van der Waals surface area contributed by atoms with Crippen LogP contribution < -0.4 is 0 Å². The Bertz CT molecular complexity index is 1060. The SMILES string of the molecule is CC(=O)O[C@@H]1[C@H](C)[C@H]2[C@@H](O[C@@H]3O[C@@H](CO)[C@@H](O)[C@@H](O)[C@H]3O)OC=C(C(=O)O)[C@@H]2[C@@H]1OC(=O)c1ccccc1. The van der Waals surface area contributed by atoms with Crippen molar-refractivity contribution in [2.24, 2.45) is 17.8 Å². The van der Waals surface area contributed by atoms with E-state index in [9.17, 15) is 39.9 Å². The normalized spacial score (nSPS) is 38.4. The first-order valence-corrected chi connectivity index (χ1v) is 12.0. The first-order valence-electron chi connectivity index (χ1n) is 12.0. The van der Waals surface area contributed by atoms with Gasteiger partial charge in [-0.05, 0) is 12.1 Å². The van der Waals surface area contributed by atoms with Gasteiger partial charge in [-0.15, -0.1) is 0 Å². The van der Waals surface area contributed by atoms with Crippen LogP contribution in [-0.2, 0) is 33.3 Å². The molecule has 4 rings (SSSR count). The van der Waals surface area contributed by atoms with Gasteiger partial charge < -0.3 is 49.2 Å². The first kappa shape index (κ1) is 28.0. The molecule has 1 aliphatic carbocycles. The Balaban J connectivity index is 1.67. The third-order valence-corrected chi connectivity index (χ3v) is 7.14. The van der Waals surface area contributed by atoms with Crippen molar-refractivity contribution in [3.8, 4) is 0 Å². The summed E-state index contributed by atoms with van der Waals surface area (Å²) in [5.74, 6) is -5.45. The van der Waals surface area contributed by atoms with Gasteiger partial charge in [0.25, 0.3) is 0 Å². The number of hydrogen-bond acceptors (Lipinski definition) is 12. The average molecular weight is 539 g/mol. The van der Waals surface area contributed by atoms with Gasteiger partial charge in [-0.3, -0.25) is 4.79 Å². The van der Waals surface area contributed by atoms with Gasteiger partial charge in [-0.2, -0.15) is 0 Å². The number of esters is 2. The van der Waals surface area contributed by atoms with Gasteiger partial charge in [0.2, 0.25) is 6.29 Å². The van der Waals surface area contributed by atoms with Gasteiger partial charge in [0.05, 0.1) is 24.0 Å². The fourth-order valence-corrected chi connectivity index (χ4v) is 5.28. The second-order valence-corrected chi connectivity index (χ2v) is 9.49. The molecule has 3 aliphatic rings. The minimum atomic E-state index is -1.74. The minimum absolute atomic E-state index is 0.201. The molecule has 0 spiro atoms. The predicted molar refractivity (Wildman–Crippen MR) is 123 cm³/mol. The van der Waals surface area contributed by atoms with Crippen molar-refractivity contribution in [3.63, 3.8) is 0 Å². The zero-order valence-electron chi connectivity index (χ0n) is 20.5. The maximum Gasteiger partial charge on any atom is 0.338 e. The lowest BCUT2D eigenvalue weighted by molar-refractivity contribution is -0.343. The van der Waals surface area contributed by atoms with Crippen LogP contribution in [0.2, 0.25) is 0 Å². The Morgan fingerprint density at radius 1 is 0.947 bits per heavy atom. The van der Waals surface area contributed by atoms with Crippen molar-refractivity contribution in [1.29, 1.82) is 0 Å². The third kappa shape index (κ3) is 5.25. The number of benzene rings is 1. The molecule has 0 radical (unpaired) electrons. The summed E-state index contributed by atoms with van der Waals surface area (Å²) >= 11 is 0. The molecule has 0 unspecified atom stereocenters. The van der Waals surface area contributed by atoms with Crippen molar-refractivity contribution in [2.75, 3.05) is 6.61 Å². The van der Waals surface area contributed by atoms with Gasteiger partial charge in [0.1, 0.15) is 36.6 Å². The van der Waals surface area contributed by atoms with E-state index in [0.29, 0.717) is 0 Å². The molecule has 1 saturated heterocycles. The van der Waals surface area contributed by atoms with Crippen LogP contribution in [0.25, 0.3) is 0 Å². The number of aliphatic carboxylic acids is 1. The number of carbonyl (C=O) groups is 3. The van der Waals surface area contributed by atoms with Crippen LogP contribution in [0.4, 0.5) is 0 Å². The number of fused-ring (bicyclic) bond motifs is 1. The quantitative estimate of drug-likeness (QED) is 0.270. The lowest BCUT2D eigenvalue weighted by Crippen LogP contribution is -2.60. The van der Waals surface area contributed by atoms with E-state index in [-0.39, 0.29) is 11.1 Å². The zero-order valence-corrected chi connectivity index (χ0v) is 20.5. The molecule has 5 N–H and O–H groups in total. The number of ether oxygens (including phenoxy) is 5. The molecule has 2 fully saturated rings. The smallest absolute Gasteiger partial charge is 0.338 e. The molecule has 13 heteroatoms. The molecule has 1 saturated carbocycles. The second kappa shape index (κ2) is 11.4. The van der Waals surface area contributed by atoms with Gasteiger partial charge in [0, 0.05) is 24.7 Å².